The highest BCUT2D eigenvalue weighted by Crippen LogP contribution is 2.16. The Morgan fingerprint density at radius 1 is 1.44 bits per heavy atom. The summed E-state index contributed by atoms with van der Waals surface area (Å²) < 4.78 is 35.5. The summed E-state index contributed by atoms with van der Waals surface area (Å²) in [6.45, 7) is 3.56. The average Bonchev–Trinajstić information content (AvgIpc) is 2.08. The molecule has 1 aromatic carbocycles. The van der Waals surface area contributed by atoms with E-state index < -0.39 is 9.84 Å². The SMILES string of the molecule is Cc1ccc(F)c(NC(C)CS(C)(=O)=O)c1. The van der Waals surface area contributed by atoms with Crippen molar-refractivity contribution in [3.63, 3.8) is 0 Å². The van der Waals surface area contributed by atoms with Gasteiger partial charge in [0.1, 0.15) is 15.7 Å². The molecule has 1 unspecified atom stereocenters. The molecule has 0 aliphatic carbocycles. The van der Waals surface area contributed by atoms with Crippen LogP contribution >= 0.6 is 0 Å². The van der Waals surface area contributed by atoms with Crippen molar-refractivity contribution in [3.05, 3.63) is 29.6 Å². The summed E-state index contributed by atoms with van der Waals surface area (Å²) in [7, 11) is -3.05. The van der Waals surface area contributed by atoms with Gasteiger partial charge in [-0.05, 0) is 31.5 Å². The Kier molecular flexibility index (Phi) is 3.91. The standard InChI is InChI=1S/C11H16FNO2S/c1-8-4-5-10(12)11(6-8)13-9(2)7-16(3,14)15/h4-6,9,13H,7H2,1-3H3. The molecule has 1 N–H and O–H groups in total. The maximum Gasteiger partial charge on any atom is 0.149 e. The molecule has 0 saturated carbocycles. The minimum Gasteiger partial charge on any atom is -0.379 e. The molecule has 0 aromatic heterocycles. The van der Waals surface area contributed by atoms with E-state index in [2.05, 4.69) is 5.32 Å². The van der Waals surface area contributed by atoms with Crippen molar-refractivity contribution >= 4 is 15.5 Å². The molecule has 1 aromatic rings. The highest BCUT2D eigenvalue weighted by Gasteiger charge is 2.12. The molecule has 16 heavy (non-hydrogen) atoms. The molecule has 0 heterocycles. The maximum absolute atomic E-state index is 13.4. The molecule has 0 saturated heterocycles. The second-order valence-corrected chi connectivity index (χ2v) is 6.31. The van der Waals surface area contributed by atoms with E-state index >= 15 is 0 Å². The number of halogens is 1. The molecule has 0 amide bonds. The Balaban J connectivity index is 2.77. The molecule has 0 aliphatic rings. The van der Waals surface area contributed by atoms with E-state index in [1.165, 1.54) is 6.07 Å². The van der Waals surface area contributed by atoms with Gasteiger partial charge in [0.25, 0.3) is 0 Å². The molecular weight excluding hydrogens is 229 g/mol. The first kappa shape index (κ1) is 13.0. The Labute approximate surface area is 95.6 Å². The van der Waals surface area contributed by atoms with Crippen molar-refractivity contribution in [2.45, 2.75) is 19.9 Å². The first-order valence-electron chi connectivity index (χ1n) is 4.98. The Bertz CT molecular complexity index is 471. The molecular formula is C11H16FNO2S. The number of benzene rings is 1. The summed E-state index contributed by atoms with van der Waals surface area (Å²) in [5, 5.41) is 2.85. The van der Waals surface area contributed by atoms with Gasteiger partial charge in [0.2, 0.25) is 0 Å². The van der Waals surface area contributed by atoms with Crippen molar-refractivity contribution in [3.8, 4) is 0 Å². The van der Waals surface area contributed by atoms with Gasteiger partial charge in [0.05, 0.1) is 11.4 Å². The van der Waals surface area contributed by atoms with E-state index in [0.717, 1.165) is 11.8 Å². The van der Waals surface area contributed by atoms with E-state index in [4.69, 9.17) is 0 Å². The van der Waals surface area contributed by atoms with Crippen LogP contribution in [-0.4, -0.2) is 26.5 Å². The molecule has 0 fully saturated rings. The number of anilines is 1. The summed E-state index contributed by atoms with van der Waals surface area (Å²) in [4.78, 5) is 0. The first-order valence-corrected chi connectivity index (χ1v) is 7.04. The lowest BCUT2D eigenvalue weighted by Gasteiger charge is -2.15. The fourth-order valence-electron chi connectivity index (χ4n) is 1.51. The Morgan fingerprint density at radius 3 is 2.62 bits per heavy atom. The van der Waals surface area contributed by atoms with Gasteiger partial charge in [-0.3, -0.25) is 0 Å². The van der Waals surface area contributed by atoms with Crippen LogP contribution in [0.3, 0.4) is 0 Å². The third kappa shape index (κ3) is 4.18. The average molecular weight is 245 g/mol. The van der Waals surface area contributed by atoms with Crippen molar-refractivity contribution in [2.75, 3.05) is 17.3 Å². The minimum atomic E-state index is -3.05. The Morgan fingerprint density at radius 2 is 2.06 bits per heavy atom. The summed E-state index contributed by atoms with van der Waals surface area (Å²) in [5.41, 5.74) is 1.27. The van der Waals surface area contributed by atoms with Crippen LogP contribution in [0.1, 0.15) is 12.5 Å². The largest absolute Gasteiger partial charge is 0.379 e. The van der Waals surface area contributed by atoms with Crippen molar-refractivity contribution in [1.29, 1.82) is 0 Å². The van der Waals surface area contributed by atoms with Crippen molar-refractivity contribution in [2.24, 2.45) is 0 Å². The summed E-state index contributed by atoms with van der Waals surface area (Å²) >= 11 is 0. The number of hydrogen-bond donors (Lipinski definition) is 1. The zero-order chi connectivity index (χ0) is 12.3. The highest BCUT2D eigenvalue weighted by atomic mass is 32.2. The van der Waals surface area contributed by atoms with Crippen LogP contribution < -0.4 is 5.32 Å². The molecule has 1 rings (SSSR count). The van der Waals surface area contributed by atoms with E-state index in [0.29, 0.717) is 5.69 Å². The lowest BCUT2D eigenvalue weighted by Crippen LogP contribution is -2.25. The van der Waals surface area contributed by atoms with Gasteiger partial charge in [-0.2, -0.15) is 0 Å². The lowest BCUT2D eigenvalue weighted by molar-refractivity contribution is 0.596. The van der Waals surface area contributed by atoms with Gasteiger partial charge in [-0.15, -0.1) is 0 Å². The number of rotatable bonds is 4. The van der Waals surface area contributed by atoms with Gasteiger partial charge in [0, 0.05) is 12.3 Å². The second kappa shape index (κ2) is 4.82. The second-order valence-electron chi connectivity index (χ2n) is 4.12. The van der Waals surface area contributed by atoms with E-state index in [9.17, 15) is 12.8 Å². The highest BCUT2D eigenvalue weighted by molar-refractivity contribution is 7.90. The van der Waals surface area contributed by atoms with Crippen LogP contribution in [0.25, 0.3) is 0 Å². The van der Waals surface area contributed by atoms with Crippen LogP contribution in [0.2, 0.25) is 0 Å². The molecule has 1 atom stereocenters. The number of aryl methyl sites for hydroxylation is 1. The fraction of sp³-hybridized carbons (Fsp3) is 0.455. The fourth-order valence-corrected chi connectivity index (χ4v) is 2.50. The zero-order valence-electron chi connectivity index (χ0n) is 9.62. The molecule has 5 heteroatoms. The molecule has 3 nitrogen and oxygen atoms in total. The topological polar surface area (TPSA) is 46.2 Å². The maximum atomic E-state index is 13.4. The van der Waals surface area contributed by atoms with Crippen LogP contribution in [0, 0.1) is 12.7 Å². The Hall–Kier alpha value is -1.10. The summed E-state index contributed by atoms with van der Waals surface area (Å²) in [5.74, 6) is -0.383. The van der Waals surface area contributed by atoms with Crippen LogP contribution in [-0.2, 0) is 9.84 Å². The summed E-state index contributed by atoms with van der Waals surface area (Å²) in [6, 6.07) is 4.38. The predicted octanol–water partition coefficient (Wildman–Crippen LogP) is 1.98. The third-order valence-corrected chi connectivity index (χ3v) is 3.18. The normalized spacial score (nSPS) is 13.5. The van der Waals surface area contributed by atoms with Gasteiger partial charge >= 0.3 is 0 Å². The first-order chi connectivity index (χ1) is 7.28. The van der Waals surface area contributed by atoms with E-state index in [1.807, 2.05) is 6.92 Å². The van der Waals surface area contributed by atoms with E-state index in [-0.39, 0.29) is 17.6 Å². The van der Waals surface area contributed by atoms with Crippen molar-refractivity contribution in [1.82, 2.24) is 0 Å². The predicted molar refractivity (Wildman–Crippen MR) is 63.9 cm³/mol. The third-order valence-electron chi connectivity index (χ3n) is 2.08. The van der Waals surface area contributed by atoms with E-state index in [1.54, 1.807) is 19.1 Å². The summed E-state index contributed by atoms with van der Waals surface area (Å²) in [6.07, 6.45) is 1.16. The van der Waals surface area contributed by atoms with Crippen molar-refractivity contribution < 1.29 is 12.8 Å². The number of hydrogen-bond acceptors (Lipinski definition) is 3. The number of nitrogens with one attached hydrogen (secondary N) is 1. The monoisotopic (exact) mass is 245 g/mol. The minimum absolute atomic E-state index is 0.0135. The van der Waals surface area contributed by atoms with Crippen LogP contribution in [0.4, 0.5) is 10.1 Å². The van der Waals surface area contributed by atoms with Crippen LogP contribution in [0.5, 0.6) is 0 Å². The van der Waals surface area contributed by atoms with Crippen LogP contribution in [0.15, 0.2) is 18.2 Å². The van der Waals surface area contributed by atoms with Gasteiger partial charge in [-0.1, -0.05) is 6.07 Å². The molecule has 0 radical (unpaired) electrons. The molecule has 0 aliphatic heterocycles. The molecule has 90 valence electrons. The zero-order valence-corrected chi connectivity index (χ0v) is 10.4. The van der Waals surface area contributed by atoms with Gasteiger partial charge in [0.15, 0.2) is 0 Å². The quantitative estimate of drug-likeness (QED) is 0.882. The smallest absolute Gasteiger partial charge is 0.149 e. The van der Waals surface area contributed by atoms with Gasteiger partial charge < -0.3 is 5.32 Å². The molecule has 0 bridgehead atoms. The molecule has 0 spiro atoms. The lowest BCUT2D eigenvalue weighted by atomic mass is 10.2. The number of sulfone groups is 1. The van der Waals surface area contributed by atoms with Gasteiger partial charge in [-0.25, -0.2) is 12.8 Å².